The van der Waals surface area contributed by atoms with Gasteiger partial charge in [0.25, 0.3) is 5.91 Å². The van der Waals surface area contributed by atoms with E-state index in [1.807, 2.05) is 13.0 Å². The quantitative estimate of drug-likeness (QED) is 0.914. The van der Waals surface area contributed by atoms with Crippen molar-refractivity contribution in [1.82, 2.24) is 10.3 Å². The van der Waals surface area contributed by atoms with E-state index in [1.54, 1.807) is 36.7 Å². The average molecular weight is 300 g/mol. The molecule has 0 aliphatic carbocycles. The van der Waals surface area contributed by atoms with Crippen molar-refractivity contribution in [1.29, 1.82) is 0 Å². The van der Waals surface area contributed by atoms with Gasteiger partial charge in [-0.1, -0.05) is 0 Å². The Bertz CT molecular complexity index is 660. The lowest BCUT2D eigenvalue weighted by Gasteiger charge is -2.15. The molecular weight excluding hydrogens is 284 g/mol. The van der Waals surface area contributed by atoms with E-state index >= 15 is 0 Å². The van der Waals surface area contributed by atoms with Crippen molar-refractivity contribution in [2.45, 2.75) is 13.0 Å². The van der Waals surface area contributed by atoms with Crippen LogP contribution in [0, 0.1) is 0 Å². The molecule has 0 saturated heterocycles. The number of hydrogen-bond acceptors (Lipinski definition) is 5. The highest BCUT2D eigenvalue weighted by atomic mass is 16.7. The monoisotopic (exact) mass is 300 g/mol. The zero-order chi connectivity index (χ0) is 15.4. The third kappa shape index (κ3) is 3.28. The predicted molar refractivity (Wildman–Crippen MR) is 79.2 cm³/mol. The van der Waals surface area contributed by atoms with Gasteiger partial charge in [-0.2, -0.15) is 0 Å². The molecule has 6 heteroatoms. The van der Waals surface area contributed by atoms with Crippen molar-refractivity contribution in [3.05, 3.63) is 48.3 Å². The third-order valence-corrected chi connectivity index (χ3v) is 3.16. The summed E-state index contributed by atoms with van der Waals surface area (Å²) < 4.78 is 16.1. The number of fused-ring (bicyclic) bond motifs is 1. The maximum absolute atomic E-state index is 12.1. The van der Waals surface area contributed by atoms with Gasteiger partial charge in [-0.15, -0.1) is 0 Å². The molecule has 0 saturated carbocycles. The van der Waals surface area contributed by atoms with Crippen molar-refractivity contribution in [2.75, 3.05) is 13.3 Å². The molecule has 3 rings (SSSR count). The lowest BCUT2D eigenvalue weighted by molar-refractivity contribution is 0.0931. The fourth-order valence-electron chi connectivity index (χ4n) is 2.07. The normalized spacial score (nSPS) is 13.5. The number of nitrogens with zero attached hydrogens (tertiary/aromatic N) is 1. The first kappa shape index (κ1) is 14.2. The van der Waals surface area contributed by atoms with Gasteiger partial charge in [0.15, 0.2) is 11.5 Å². The van der Waals surface area contributed by atoms with Gasteiger partial charge in [0.1, 0.15) is 11.9 Å². The van der Waals surface area contributed by atoms with Crippen LogP contribution in [0.5, 0.6) is 17.2 Å². The molecular formula is C16H16N2O4. The second-order valence-electron chi connectivity index (χ2n) is 4.90. The van der Waals surface area contributed by atoms with Crippen LogP contribution < -0.4 is 19.5 Å². The molecule has 1 aliphatic heterocycles. The molecule has 6 nitrogen and oxygen atoms in total. The van der Waals surface area contributed by atoms with E-state index in [0.29, 0.717) is 29.4 Å². The van der Waals surface area contributed by atoms with Gasteiger partial charge >= 0.3 is 0 Å². The molecule has 2 aromatic rings. The number of pyridine rings is 1. The number of carbonyl (C=O) groups is 1. The van der Waals surface area contributed by atoms with Crippen LogP contribution in [0.25, 0.3) is 0 Å². The molecule has 1 aromatic heterocycles. The molecule has 1 atom stereocenters. The Labute approximate surface area is 128 Å². The number of nitrogens with one attached hydrogen (secondary N) is 1. The maximum Gasteiger partial charge on any atom is 0.251 e. The van der Waals surface area contributed by atoms with Crippen LogP contribution in [0.4, 0.5) is 0 Å². The van der Waals surface area contributed by atoms with E-state index in [9.17, 15) is 4.79 Å². The summed E-state index contributed by atoms with van der Waals surface area (Å²) in [4.78, 5) is 16.1. The Morgan fingerprint density at radius 2 is 2.23 bits per heavy atom. The summed E-state index contributed by atoms with van der Waals surface area (Å²) in [6.45, 7) is 2.46. The Morgan fingerprint density at radius 3 is 3.05 bits per heavy atom. The van der Waals surface area contributed by atoms with Crippen LogP contribution in [-0.4, -0.2) is 30.3 Å². The topological polar surface area (TPSA) is 69.7 Å². The van der Waals surface area contributed by atoms with Crippen LogP contribution in [0.1, 0.15) is 17.3 Å². The van der Waals surface area contributed by atoms with Gasteiger partial charge in [0.2, 0.25) is 6.79 Å². The highest BCUT2D eigenvalue weighted by Gasteiger charge is 2.16. The molecule has 0 radical (unpaired) electrons. The minimum Gasteiger partial charge on any atom is -0.487 e. The second kappa shape index (κ2) is 6.34. The zero-order valence-corrected chi connectivity index (χ0v) is 12.1. The van der Waals surface area contributed by atoms with Gasteiger partial charge in [-0.25, -0.2) is 0 Å². The van der Waals surface area contributed by atoms with Gasteiger partial charge < -0.3 is 19.5 Å². The maximum atomic E-state index is 12.1. The van der Waals surface area contributed by atoms with E-state index in [4.69, 9.17) is 14.2 Å². The van der Waals surface area contributed by atoms with Gasteiger partial charge in [-0.3, -0.25) is 9.78 Å². The first-order valence-electron chi connectivity index (χ1n) is 6.97. The van der Waals surface area contributed by atoms with Crippen molar-refractivity contribution < 1.29 is 19.0 Å². The summed E-state index contributed by atoms with van der Waals surface area (Å²) in [5, 5.41) is 2.83. The van der Waals surface area contributed by atoms with Crippen molar-refractivity contribution >= 4 is 5.91 Å². The number of ether oxygens (including phenoxy) is 3. The molecule has 0 fully saturated rings. The Morgan fingerprint density at radius 1 is 1.36 bits per heavy atom. The highest BCUT2D eigenvalue weighted by molar-refractivity contribution is 5.94. The van der Waals surface area contributed by atoms with Gasteiger partial charge in [-0.05, 0) is 37.3 Å². The van der Waals surface area contributed by atoms with Crippen molar-refractivity contribution in [3.8, 4) is 17.2 Å². The standard InChI is InChI=1S/C16H16N2O4/c1-11(22-13-3-2-6-17-9-13)8-18-16(19)12-4-5-14-15(7-12)21-10-20-14/h2-7,9,11H,8,10H2,1H3,(H,18,19)/t11-/m0/s1. The summed E-state index contributed by atoms with van der Waals surface area (Å²) in [7, 11) is 0. The third-order valence-electron chi connectivity index (χ3n) is 3.16. The highest BCUT2D eigenvalue weighted by Crippen LogP contribution is 2.32. The van der Waals surface area contributed by atoms with E-state index in [2.05, 4.69) is 10.3 Å². The van der Waals surface area contributed by atoms with Crippen molar-refractivity contribution in [2.24, 2.45) is 0 Å². The van der Waals surface area contributed by atoms with Gasteiger partial charge in [0.05, 0.1) is 12.7 Å². The van der Waals surface area contributed by atoms with E-state index < -0.39 is 0 Å². The molecule has 114 valence electrons. The number of carbonyl (C=O) groups excluding carboxylic acids is 1. The summed E-state index contributed by atoms with van der Waals surface area (Å²) >= 11 is 0. The van der Waals surface area contributed by atoms with Crippen molar-refractivity contribution in [3.63, 3.8) is 0 Å². The molecule has 22 heavy (non-hydrogen) atoms. The number of hydrogen-bond donors (Lipinski definition) is 1. The molecule has 1 N–H and O–H groups in total. The molecule has 1 amide bonds. The Balaban J connectivity index is 1.53. The summed E-state index contributed by atoms with van der Waals surface area (Å²) in [5.41, 5.74) is 0.526. The Hall–Kier alpha value is -2.76. The average Bonchev–Trinajstić information content (AvgIpc) is 3.01. The lowest BCUT2D eigenvalue weighted by atomic mass is 10.2. The fraction of sp³-hybridized carbons (Fsp3) is 0.250. The van der Waals surface area contributed by atoms with Crippen LogP contribution in [0.15, 0.2) is 42.7 Å². The smallest absolute Gasteiger partial charge is 0.251 e. The molecule has 0 spiro atoms. The first-order valence-corrected chi connectivity index (χ1v) is 6.97. The van der Waals surface area contributed by atoms with E-state index in [1.165, 1.54) is 0 Å². The number of aromatic nitrogens is 1. The largest absolute Gasteiger partial charge is 0.487 e. The number of benzene rings is 1. The molecule has 1 aromatic carbocycles. The Kier molecular flexibility index (Phi) is 4.09. The minimum atomic E-state index is -0.181. The zero-order valence-electron chi connectivity index (χ0n) is 12.1. The number of amides is 1. The molecule has 2 heterocycles. The van der Waals surface area contributed by atoms with Crippen LogP contribution >= 0.6 is 0 Å². The summed E-state index contributed by atoms with van der Waals surface area (Å²) in [6, 6.07) is 8.73. The van der Waals surface area contributed by atoms with Gasteiger partial charge in [0, 0.05) is 11.8 Å². The minimum absolute atomic E-state index is 0.165. The van der Waals surface area contributed by atoms with Crippen LogP contribution in [0.3, 0.4) is 0 Å². The molecule has 0 unspecified atom stereocenters. The summed E-state index contributed by atoms with van der Waals surface area (Å²) in [6.07, 6.45) is 3.15. The molecule has 0 bridgehead atoms. The SMILES string of the molecule is C[C@@H](CNC(=O)c1ccc2c(c1)OCO2)Oc1cccnc1. The fourth-order valence-corrected chi connectivity index (χ4v) is 2.07. The molecule has 1 aliphatic rings. The van der Waals surface area contributed by atoms with Crippen LogP contribution in [-0.2, 0) is 0 Å². The number of rotatable bonds is 5. The van der Waals surface area contributed by atoms with E-state index in [0.717, 1.165) is 0 Å². The van der Waals surface area contributed by atoms with Crippen LogP contribution in [0.2, 0.25) is 0 Å². The van der Waals surface area contributed by atoms with E-state index in [-0.39, 0.29) is 18.8 Å². The predicted octanol–water partition coefficient (Wildman–Crippen LogP) is 2.01. The summed E-state index contributed by atoms with van der Waals surface area (Å²) in [5.74, 6) is 1.74. The lowest BCUT2D eigenvalue weighted by Crippen LogP contribution is -2.33. The first-order chi connectivity index (χ1) is 10.7. The second-order valence-corrected chi connectivity index (χ2v) is 4.90.